The monoisotopic (exact) mass is 485 g/mol. The van der Waals surface area contributed by atoms with Gasteiger partial charge in [-0.05, 0) is 55.0 Å². The number of hydrogen-bond donors (Lipinski definition) is 2. The van der Waals surface area contributed by atoms with Crippen molar-refractivity contribution < 1.29 is 27.5 Å². The SMILES string of the molecule is COC(=O)[C@@](NC(=O)c1ccc(Cl)cc1)(Nc1sc2c(c1C#N)CC[C@H](C)C2)C(F)(F)F. The Labute approximate surface area is 191 Å². The number of anilines is 1. The van der Waals surface area contributed by atoms with Crippen LogP contribution in [0, 0.1) is 17.2 Å². The van der Waals surface area contributed by atoms with Gasteiger partial charge < -0.3 is 15.4 Å². The van der Waals surface area contributed by atoms with Gasteiger partial charge >= 0.3 is 17.8 Å². The number of carbonyl (C=O) groups excluding carboxylic acids is 2. The molecule has 1 heterocycles. The van der Waals surface area contributed by atoms with E-state index in [0.717, 1.165) is 29.7 Å². The third kappa shape index (κ3) is 4.40. The lowest BCUT2D eigenvalue weighted by atomic mass is 9.88. The molecule has 0 bridgehead atoms. The van der Waals surface area contributed by atoms with Crippen molar-refractivity contribution in [1.82, 2.24) is 5.32 Å². The Balaban J connectivity index is 2.08. The Hall–Kier alpha value is -2.77. The molecule has 3 rings (SSSR count). The number of alkyl halides is 3. The van der Waals surface area contributed by atoms with E-state index in [0.29, 0.717) is 24.3 Å². The van der Waals surface area contributed by atoms with E-state index in [2.05, 4.69) is 10.1 Å². The summed E-state index contributed by atoms with van der Waals surface area (Å²) in [4.78, 5) is 25.9. The number of nitrogens with zero attached hydrogens (tertiary/aromatic N) is 1. The molecule has 1 amide bonds. The number of methoxy groups -OCH3 is 1. The molecule has 2 N–H and O–H groups in total. The Kier molecular flexibility index (Phi) is 6.72. The Bertz CT molecular complexity index is 1080. The fourth-order valence-electron chi connectivity index (χ4n) is 3.52. The number of thiophene rings is 1. The highest BCUT2D eigenvalue weighted by molar-refractivity contribution is 7.16. The Morgan fingerprint density at radius 3 is 2.50 bits per heavy atom. The number of carbonyl (C=O) groups is 2. The molecule has 170 valence electrons. The largest absolute Gasteiger partial charge is 0.466 e. The molecule has 0 saturated heterocycles. The summed E-state index contributed by atoms with van der Waals surface area (Å²) in [6, 6.07) is 7.06. The zero-order chi connectivity index (χ0) is 23.7. The van der Waals surface area contributed by atoms with Crippen LogP contribution < -0.4 is 10.6 Å². The Morgan fingerprint density at radius 2 is 1.94 bits per heavy atom. The Morgan fingerprint density at radius 1 is 1.28 bits per heavy atom. The van der Waals surface area contributed by atoms with Gasteiger partial charge in [0.05, 0.1) is 12.7 Å². The molecular formula is C21H19ClF3N3O3S. The highest BCUT2D eigenvalue weighted by Crippen LogP contribution is 2.42. The van der Waals surface area contributed by atoms with Gasteiger partial charge in [-0.3, -0.25) is 4.79 Å². The lowest BCUT2D eigenvalue weighted by Gasteiger charge is -2.34. The maximum Gasteiger partial charge on any atom is 0.441 e. The first-order chi connectivity index (χ1) is 15.0. The molecule has 1 aliphatic carbocycles. The summed E-state index contributed by atoms with van der Waals surface area (Å²) in [5.41, 5.74) is -3.05. The van der Waals surface area contributed by atoms with E-state index >= 15 is 0 Å². The van der Waals surface area contributed by atoms with Gasteiger partial charge in [0.1, 0.15) is 11.1 Å². The van der Waals surface area contributed by atoms with Crippen LogP contribution >= 0.6 is 22.9 Å². The van der Waals surface area contributed by atoms with E-state index in [9.17, 15) is 28.0 Å². The number of halogens is 4. The maximum atomic E-state index is 14.3. The summed E-state index contributed by atoms with van der Waals surface area (Å²) in [6.45, 7) is 2.02. The lowest BCUT2D eigenvalue weighted by molar-refractivity contribution is -0.203. The van der Waals surface area contributed by atoms with Gasteiger partial charge in [0.25, 0.3) is 5.91 Å². The average molecular weight is 486 g/mol. The van der Waals surface area contributed by atoms with Crippen LogP contribution in [0.15, 0.2) is 24.3 Å². The molecule has 1 aromatic carbocycles. The smallest absolute Gasteiger partial charge is 0.441 e. The molecule has 32 heavy (non-hydrogen) atoms. The van der Waals surface area contributed by atoms with Crippen molar-refractivity contribution in [3.8, 4) is 6.07 Å². The van der Waals surface area contributed by atoms with Crippen molar-refractivity contribution in [2.45, 2.75) is 38.0 Å². The quantitative estimate of drug-likeness (QED) is 0.474. The van der Waals surface area contributed by atoms with Gasteiger partial charge in [0.2, 0.25) is 0 Å². The second kappa shape index (κ2) is 9.00. The van der Waals surface area contributed by atoms with E-state index in [-0.39, 0.29) is 21.2 Å². The third-order valence-corrected chi connectivity index (χ3v) is 6.67. The second-order valence-corrected chi connectivity index (χ2v) is 9.03. The summed E-state index contributed by atoms with van der Waals surface area (Å²) in [5, 5.41) is 13.6. The van der Waals surface area contributed by atoms with Crippen molar-refractivity contribution in [2.24, 2.45) is 5.92 Å². The van der Waals surface area contributed by atoms with Gasteiger partial charge in [0.15, 0.2) is 0 Å². The van der Waals surface area contributed by atoms with Crippen LogP contribution in [-0.2, 0) is 22.4 Å². The minimum absolute atomic E-state index is 0.0372. The zero-order valence-electron chi connectivity index (χ0n) is 17.1. The minimum atomic E-state index is -5.30. The number of benzene rings is 1. The molecule has 1 aliphatic rings. The van der Waals surface area contributed by atoms with Crippen molar-refractivity contribution in [2.75, 3.05) is 12.4 Å². The number of nitriles is 1. The summed E-state index contributed by atoms with van der Waals surface area (Å²) in [7, 11) is 0.783. The van der Waals surface area contributed by atoms with Crippen molar-refractivity contribution >= 4 is 39.8 Å². The molecule has 6 nitrogen and oxygen atoms in total. The molecule has 0 aliphatic heterocycles. The number of amides is 1. The van der Waals surface area contributed by atoms with Crippen molar-refractivity contribution in [3.63, 3.8) is 0 Å². The van der Waals surface area contributed by atoms with Crippen LogP contribution in [0.4, 0.5) is 18.2 Å². The van der Waals surface area contributed by atoms with Crippen molar-refractivity contribution in [1.29, 1.82) is 5.26 Å². The van der Waals surface area contributed by atoms with Gasteiger partial charge in [-0.2, -0.15) is 18.4 Å². The van der Waals surface area contributed by atoms with E-state index in [4.69, 9.17) is 11.6 Å². The molecule has 2 atom stereocenters. The first-order valence-corrected chi connectivity index (χ1v) is 10.8. The standard InChI is InChI=1S/C21H19ClF3N3O3S/c1-11-3-8-14-15(10-26)18(32-16(14)9-11)28-20(19(30)31-2,21(23,24)25)27-17(29)12-4-6-13(22)7-5-12/h4-7,11,28H,3,8-9H2,1-2H3,(H,27,29)/t11-,20+/m0/s1. The van der Waals surface area contributed by atoms with Crippen LogP contribution in [0.1, 0.15) is 39.7 Å². The van der Waals surface area contributed by atoms with Crippen LogP contribution in [0.2, 0.25) is 5.02 Å². The molecular weight excluding hydrogens is 467 g/mol. The number of fused-ring (bicyclic) bond motifs is 1. The highest BCUT2D eigenvalue weighted by Gasteiger charge is 2.64. The van der Waals surface area contributed by atoms with Crippen LogP contribution in [0.5, 0.6) is 0 Å². The van der Waals surface area contributed by atoms with E-state index in [1.807, 2.05) is 13.0 Å². The fraction of sp³-hybridized carbons (Fsp3) is 0.381. The summed E-state index contributed by atoms with van der Waals surface area (Å²) >= 11 is 6.74. The van der Waals surface area contributed by atoms with Gasteiger partial charge in [-0.25, -0.2) is 4.79 Å². The lowest BCUT2D eigenvalue weighted by Crippen LogP contribution is -2.69. The molecule has 0 radical (unpaired) electrons. The summed E-state index contributed by atoms with van der Waals surface area (Å²) in [5.74, 6) is -2.63. The predicted octanol–water partition coefficient (Wildman–Crippen LogP) is 4.67. The van der Waals surface area contributed by atoms with Crippen molar-refractivity contribution in [3.05, 3.63) is 50.9 Å². The highest BCUT2D eigenvalue weighted by atomic mass is 35.5. The minimum Gasteiger partial charge on any atom is -0.466 e. The molecule has 11 heteroatoms. The van der Waals surface area contributed by atoms with Crippen LogP contribution in [0.3, 0.4) is 0 Å². The summed E-state index contributed by atoms with van der Waals surface area (Å²) in [6.07, 6.45) is -3.34. The normalized spacial score (nSPS) is 17.5. The molecule has 2 aromatic rings. The first kappa shape index (κ1) is 23.9. The fourth-order valence-corrected chi connectivity index (χ4v) is 5.06. The van der Waals surface area contributed by atoms with Crippen LogP contribution in [-0.4, -0.2) is 30.8 Å². The van der Waals surface area contributed by atoms with E-state index < -0.39 is 23.7 Å². The molecule has 0 fully saturated rings. The number of ether oxygens (including phenoxy) is 1. The van der Waals surface area contributed by atoms with Gasteiger partial charge in [-0.15, -0.1) is 11.3 Å². The summed E-state index contributed by atoms with van der Waals surface area (Å²) < 4.78 is 47.5. The zero-order valence-corrected chi connectivity index (χ0v) is 18.7. The number of rotatable bonds is 5. The second-order valence-electron chi connectivity index (χ2n) is 7.49. The average Bonchev–Trinajstić information content (AvgIpc) is 3.07. The molecule has 0 spiro atoms. The number of esters is 1. The van der Waals surface area contributed by atoms with Gasteiger partial charge in [0, 0.05) is 15.5 Å². The first-order valence-electron chi connectivity index (χ1n) is 9.58. The van der Waals surface area contributed by atoms with E-state index in [1.54, 1.807) is 5.32 Å². The third-order valence-electron chi connectivity index (χ3n) is 5.25. The maximum absolute atomic E-state index is 14.3. The van der Waals surface area contributed by atoms with E-state index in [1.165, 1.54) is 24.3 Å². The van der Waals surface area contributed by atoms with Gasteiger partial charge in [-0.1, -0.05) is 18.5 Å². The topological polar surface area (TPSA) is 91.2 Å². The van der Waals surface area contributed by atoms with Crippen LogP contribution in [0.25, 0.3) is 0 Å². The number of nitrogens with one attached hydrogen (secondary N) is 2. The molecule has 0 saturated carbocycles. The number of hydrogen-bond acceptors (Lipinski definition) is 6. The molecule has 1 aromatic heterocycles. The molecule has 0 unspecified atom stereocenters. The predicted molar refractivity (Wildman–Crippen MR) is 114 cm³/mol.